The molecule has 0 saturated heterocycles. The van der Waals surface area contributed by atoms with Crippen LogP contribution in [0.5, 0.6) is 0 Å². The fourth-order valence-electron chi connectivity index (χ4n) is 1.95. The van der Waals surface area contributed by atoms with Gasteiger partial charge in [-0.3, -0.25) is 4.79 Å². The van der Waals surface area contributed by atoms with Gasteiger partial charge in [0.15, 0.2) is 5.78 Å². The summed E-state index contributed by atoms with van der Waals surface area (Å²) in [4.78, 5) is 14.2. The molecule has 2 nitrogen and oxygen atoms in total. The Kier molecular flexibility index (Phi) is 8.54. The Morgan fingerprint density at radius 2 is 1.80 bits per heavy atom. The van der Waals surface area contributed by atoms with Gasteiger partial charge >= 0.3 is 0 Å². The summed E-state index contributed by atoms with van der Waals surface area (Å²) in [5.41, 5.74) is 0.611. The second-order valence-electron chi connectivity index (χ2n) is 4.67. The zero-order valence-electron chi connectivity index (χ0n) is 12.4. The van der Waals surface area contributed by atoms with E-state index in [1.807, 2.05) is 11.8 Å². The van der Waals surface area contributed by atoms with E-state index in [1.54, 1.807) is 12.1 Å². The highest BCUT2D eigenvalue weighted by molar-refractivity contribution is 7.99. The Morgan fingerprint density at radius 3 is 2.40 bits per heavy atom. The Labute approximate surface area is 125 Å². The van der Waals surface area contributed by atoms with E-state index in [4.69, 9.17) is 0 Å². The summed E-state index contributed by atoms with van der Waals surface area (Å²) in [5.74, 6) is 1.93. The first-order valence-electron chi connectivity index (χ1n) is 7.26. The van der Waals surface area contributed by atoms with Crippen LogP contribution in [0, 0.1) is 5.82 Å². The van der Waals surface area contributed by atoms with E-state index in [0.29, 0.717) is 12.0 Å². The summed E-state index contributed by atoms with van der Waals surface area (Å²) >= 11 is 1.90. The van der Waals surface area contributed by atoms with Crippen LogP contribution in [0.2, 0.25) is 0 Å². The maximum Gasteiger partial charge on any atom is 0.162 e. The van der Waals surface area contributed by atoms with Crippen LogP contribution in [-0.2, 0) is 0 Å². The highest BCUT2D eigenvalue weighted by atomic mass is 32.2. The molecular formula is C16H24FNOS. The van der Waals surface area contributed by atoms with Crippen molar-refractivity contribution in [2.24, 2.45) is 0 Å². The topological polar surface area (TPSA) is 20.3 Å². The number of rotatable bonds is 10. The maximum absolute atomic E-state index is 12.7. The fraction of sp³-hybridized carbons (Fsp3) is 0.562. The number of hydrogen-bond donors (Lipinski definition) is 0. The molecule has 0 N–H and O–H groups in total. The maximum atomic E-state index is 12.7. The van der Waals surface area contributed by atoms with Crippen molar-refractivity contribution in [2.75, 3.05) is 31.1 Å². The lowest BCUT2D eigenvalue weighted by Gasteiger charge is -2.17. The number of carbonyl (C=O) groups is 1. The second-order valence-corrected chi connectivity index (χ2v) is 5.90. The molecule has 0 aliphatic carbocycles. The number of ketones is 1. The van der Waals surface area contributed by atoms with Gasteiger partial charge in [0.1, 0.15) is 5.82 Å². The number of hydrogen-bond acceptors (Lipinski definition) is 3. The molecule has 0 fully saturated rings. The third-order valence-electron chi connectivity index (χ3n) is 3.30. The van der Waals surface area contributed by atoms with Gasteiger partial charge in [0.05, 0.1) is 0 Å². The molecule has 0 bridgehead atoms. The molecule has 112 valence electrons. The minimum absolute atomic E-state index is 0.106. The largest absolute Gasteiger partial charge is 0.303 e. The van der Waals surface area contributed by atoms with Gasteiger partial charge in [0, 0.05) is 24.3 Å². The summed E-state index contributed by atoms with van der Waals surface area (Å²) in [7, 11) is 0. The van der Waals surface area contributed by atoms with Gasteiger partial charge in [-0.1, -0.05) is 13.8 Å². The number of nitrogens with zero attached hydrogens (tertiary/aromatic N) is 1. The van der Waals surface area contributed by atoms with Crippen molar-refractivity contribution in [3.05, 3.63) is 35.6 Å². The molecule has 1 rings (SSSR count). The molecule has 0 heterocycles. The smallest absolute Gasteiger partial charge is 0.162 e. The second kappa shape index (κ2) is 9.94. The van der Waals surface area contributed by atoms with Crippen molar-refractivity contribution >= 4 is 17.5 Å². The van der Waals surface area contributed by atoms with E-state index >= 15 is 0 Å². The highest BCUT2D eigenvalue weighted by Crippen LogP contribution is 2.10. The van der Waals surface area contributed by atoms with E-state index in [1.165, 1.54) is 12.1 Å². The van der Waals surface area contributed by atoms with Crippen LogP contribution in [0.15, 0.2) is 24.3 Å². The number of halogens is 1. The molecule has 1 aromatic carbocycles. The summed E-state index contributed by atoms with van der Waals surface area (Å²) in [6, 6.07) is 5.80. The minimum atomic E-state index is -0.298. The summed E-state index contributed by atoms with van der Waals surface area (Å²) in [6.07, 6.45) is 1.43. The quantitative estimate of drug-likeness (QED) is 0.483. The van der Waals surface area contributed by atoms with Crippen molar-refractivity contribution in [1.29, 1.82) is 0 Å². The number of thioether (sulfide) groups is 1. The molecule has 0 unspecified atom stereocenters. The van der Waals surface area contributed by atoms with Crippen LogP contribution < -0.4 is 0 Å². The molecule has 1 aromatic rings. The van der Waals surface area contributed by atoms with Gasteiger partial charge in [-0.05, 0) is 49.5 Å². The molecule has 0 spiro atoms. The molecule has 0 atom stereocenters. The summed E-state index contributed by atoms with van der Waals surface area (Å²) < 4.78 is 12.7. The molecule has 0 radical (unpaired) electrons. The fourth-order valence-corrected chi connectivity index (χ4v) is 2.89. The predicted octanol–water partition coefficient (Wildman–Crippen LogP) is 3.86. The lowest BCUT2D eigenvalue weighted by atomic mass is 10.1. The van der Waals surface area contributed by atoms with E-state index < -0.39 is 0 Å². The number of Topliss-reactive ketones (excluding diaryl/α,β-unsaturated/α-hetero) is 1. The molecule has 0 aliphatic rings. The van der Waals surface area contributed by atoms with Crippen LogP contribution in [0.1, 0.15) is 37.0 Å². The van der Waals surface area contributed by atoms with Crippen molar-refractivity contribution < 1.29 is 9.18 Å². The van der Waals surface area contributed by atoms with E-state index in [0.717, 1.165) is 37.6 Å². The van der Waals surface area contributed by atoms with Crippen molar-refractivity contribution in [3.63, 3.8) is 0 Å². The molecule has 0 amide bonds. The zero-order chi connectivity index (χ0) is 14.8. The van der Waals surface area contributed by atoms with Gasteiger partial charge < -0.3 is 4.90 Å². The van der Waals surface area contributed by atoms with Crippen molar-refractivity contribution in [1.82, 2.24) is 4.90 Å². The lowest BCUT2D eigenvalue weighted by Crippen LogP contribution is -2.25. The average Bonchev–Trinajstić information content (AvgIpc) is 2.47. The van der Waals surface area contributed by atoms with Crippen LogP contribution >= 0.6 is 11.8 Å². The van der Waals surface area contributed by atoms with Gasteiger partial charge in [0.25, 0.3) is 0 Å². The van der Waals surface area contributed by atoms with Crippen molar-refractivity contribution in [3.8, 4) is 0 Å². The molecule has 0 aromatic heterocycles. The molecule has 4 heteroatoms. The summed E-state index contributed by atoms with van der Waals surface area (Å²) in [5, 5.41) is 0. The van der Waals surface area contributed by atoms with Crippen LogP contribution in [-0.4, -0.2) is 41.8 Å². The zero-order valence-corrected chi connectivity index (χ0v) is 13.2. The highest BCUT2D eigenvalue weighted by Gasteiger charge is 2.05. The third kappa shape index (κ3) is 6.53. The molecule has 0 aliphatic heterocycles. The van der Waals surface area contributed by atoms with Gasteiger partial charge in [-0.25, -0.2) is 4.39 Å². The normalized spacial score (nSPS) is 11.0. The standard InChI is InChI=1S/C16H24FNOS/c1-3-18(4-2)11-13-20-12-5-6-16(19)14-7-9-15(17)10-8-14/h7-10H,3-6,11-13H2,1-2H3. The van der Waals surface area contributed by atoms with Crippen LogP contribution in [0.3, 0.4) is 0 Å². The van der Waals surface area contributed by atoms with E-state index in [-0.39, 0.29) is 11.6 Å². The first-order chi connectivity index (χ1) is 9.67. The Morgan fingerprint density at radius 1 is 1.15 bits per heavy atom. The van der Waals surface area contributed by atoms with Gasteiger partial charge in [0.2, 0.25) is 0 Å². The SMILES string of the molecule is CCN(CC)CCSCCCC(=O)c1ccc(F)cc1. The lowest BCUT2D eigenvalue weighted by molar-refractivity contribution is 0.0982. The van der Waals surface area contributed by atoms with Crippen LogP contribution in [0.25, 0.3) is 0 Å². The Hall–Kier alpha value is -0.870. The first-order valence-corrected chi connectivity index (χ1v) is 8.41. The molecule has 20 heavy (non-hydrogen) atoms. The Balaban J connectivity index is 2.12. The minimum Gasteiger partial charge on any atom is -0.303 e. The molecule has 0 saturated carbocycles. The number of carbonyl (C=O) groups excluding carboxylic acids is 1. The monoisotopic (exact) mass is 297 g/mol. The molecular weight excluding hydrogens is 273 g/mol. The first kappa shape index (κ1) is 17.2. The average molecular weight is 297 g/mol. The number of benzene rings is 1. The van der Waals surface area contributed by atoms with Crippen LogP contribution in [0.4, 0.5) is 4.39 Å². The van der Waals surface area contributed by atoms with E-state index in [2.05, 4.69) is 18.7 Å². The summed E-state index contributed by atoms with van der Waals surface area (Å²) in [6.45, 7) is 7.66. The van der Waals surface area contributed by atoms with E-state index in [9.17, 15) is 9.18 Å². The van der Waals surface area contributed by atoms with Gasteiger partial charge in [-0.2, -0.15) is 11.8 Å². The van der Waals surface area contributed by atoms with Crippen molar-refractivity contribution in [2.45, 2.75) is 26.7 Å². The predicted molar refractivity (Wildman–Crippen MR) is 85.1 cm³/mol. The van der Waals surface area contributed by atoms with Gasteiger partial charge in [-0.15, -0.1) is 0 Å². The Bertz CT molecular complexity index is 390. The third-order valence-corrected chi connectivity index (χ3v) is 4.35.